The van der Waals surface area contributed by atoms with Crippen LogP contribution in [0.5, 0.6) is 0 Å². The zero-order chi connectivity index (χ0) is 10.3. The molecule has 0 aliphatic carbocycles. The first-order chi connectivity index (χ1) is 6.04. The van der Waals surface area contributed by atoms with E-state index in [2.05, 4.69) is 19.6 Å². The van der Waals surface area contributed by atoms with E-state index < -0.39 is 8.56 Å². The van der Waals surface area contributed by atoms with Crippen LogP contribution in [0.4, 0.5) is 0 Å². The van der Waals surface area contributed by atoms with Crippen molar-refractivity contribution in [1.29, 1.82) is 0 Å². The number of unbranched alkanes of at least 4 members (excludes halogenated alkanes) is 1. The molecular weight excluding hydrogens is 196 g/mol. The van der Waals surface area contributed by atoms with Crippen molar-refractivity contribution in [3.63, 3.8) is 0 Å². The molecule has 0 aliphatic heterocycles. The Labute approximate surface area is 85.5 Å². The summed E-state index contributed by atoms with van der Waals surface area (Å²) < 4.78 is 10.8. The first-order valence-corrected chi connectivity index (χ1v) is 10.8. The summed E-state index contributed by atoms with van der Waals surface area (Å²) in [5.74, 6) is 0. The molecule has 0 spiro atoms. The lowest BCUT2D eigenvalue weighted by Crippen LogP contribution is -2.35. The van der Waals surface area contributed by atoms with Crippen molar-refractivity contribution in [1.82, 2.24) is 0 Å². The second-order valence-corrected chi connectivity index (χ2v) is 11.1. The van der Waals surface area contributed by atoms with Gasteiger partial charge in [0.05, 0.1) is 0 Å². The highest BCUT2D eigenvalue weighted by Crippen LogP contribution is 2.16. The molecule has 13 heavy (non-hydrogen) atoms. The maximum absolute atomic E-state index is 5.42. The van der Waals surface area contributed by atoms with E-state index in [4.69, 9.17) is 8.85 Å². The monoisotopic (exact) mass is 220 g/mol. The van der Waals surface area contributed by atoms with Gasteiger partial charge in [0, 0.05) is 23.0 Å². The molecule has 0 rings (SSSR count). The topological polar surface area (TPSA) is 18.5 Å². The standard InChI is InChI=1S/C9H24O2Si2/c1-10-13(5,11-2)9-7-6-8-12(3)4/h12H,6-9H2,1-5H3. The summed E-state index contributed by atoms with van der Waals surface area (Å²) in [6.07, 6.45) is 2.63. The number of hydrogen-bond acceptors (Lipinski definition) is 2. The molecule has 4 heteroatoms. The zero-order valence-corrected chi connectivity index (χ0v) is 11.9. The molecule has 0 aliphatic rings. The third-order valence-electron chi connectivity index (χ3n) is 2.53. The molecule has 0 heterocycles. The van der Waals surface area contributed by atoms with Gasteiger partial charge < -0.3 is 8.85 Å². The minimum atomic E-state index is -1.75. The highest BCUT2D eigenvalue weighted by Gasteiger charge is 2.27. The van der Waals surface area contributed by atoms with Gasteiger partial charge in [-0.1, -0.05) is 32.0 Å². The molecule has 0 atom stereocenters. The first-order valence-electron chi connectivity index (χ1n) is 5.14. The van der Waals surface area contributed by atoms with Crippen LogP contribution in [0.25, 0.3) is 0 Å². The minimum Gasteiger partial charge on any atom is -0.398 e. The molecule has 80 valence electrons. The van der Waals surface area contributed by atoms with E-state index in [1.807, 2.05) is 0 Å². The van der Waals surface area contributed by atoms with Gasteiger partial charge in [-0.3, -0.25) is 0 Å². The summed E-state index contributed by atoms with van der Waals surface area (Å²) in [7, 11) is 1.45. The summed E-state index contributed by atoms with van der Waals surface area (Å²) in [5.41, 5.74) is 0. The third-order valence-corrected chi connectivity index (χ3v) is 7.08. The summed E-state index contributed by atoms with van der Waals surface area (Å²) >= 11 is 0. The van der Waals surface area contributed by atoms with Crippen molar-refractivity contribution in [2.45, 2.75) is 44.6 Å². The van der Waals surface area contributed by atoms with Gasteiger partial charge in [0.2, 0.25) is 0 Å². The second kappa shape index (κ2) is 6.76. The minimum absolute atomic E-state index is 0.340. The predicted octanol–water partition coefficient (Wildman–Crippen LogP) is 2.62. The third kappa shape index (κ3) is 6.43. The Kier molecular flexibility index (Phi) is 6.94. The molecule has 0 saturated carbocycles. The van der Waals surface area contributed by atoms with E-state index in [1.165, 1.54) is 18.9 Å². The molecule has 0 N–H and O–H groups in total. The molecule has 0 fully saturated rings. The molecule has 0 amide bonds. The van der Waals surface area contributed by atoms with Gasteiger partial charge in [-0.15, -0.1) is 0 Å². The lowest BCUT2D eigenvalue weighted by atomic mass is 10.4. The summed E-state index contributed by atoms with van der Waals surface area (Å²) in [4.78, 5) is 0. The van der Waals surface area contributed by atoms with Gasteiger partial charge in [0.1, 0.15) is 0 Å². The van der Waals surface area contributed by atoms with Crippen LogP contribution in [0.3, 0.4) is 0 Å². The van der Waals surface area contributed by atoms with Gasteiger partial charge in [-0.25, -0.2) is 0 Å². The Bertz CT molecular complexity index is 125. The molecule has 0 aromatic rings. The Morgan fingerprint density at radius 2 is 1.62 bits per heavy atom. The fraction of sp³-hybridized carbons (Fsp3) is 1.00. The molecule has 0 aromatic carbocycles. The normalized spacial score (nSPS) is 12.5. The molecule has 0 unspecified atom stereocenters. The van der Waals surface area contributed by atoms with Crippen LogP contribution in [-0.2, 0) is 8.85 Å². The van der Waals surface area contributed by atoms with Gasteiger partial charge in [0.15, 0.2) is 0 Å². The Morgan fingerprint density at radius 3 is 2.00 bits per heavy atom. The smallest absolute Gasteiger partial charge is 0.334 e. The van der Waals surface area contributed by atoms with E-state index >= 15 is 0 Å². The zero-order valence-electron chi connectivity index (χ0n) is 9.72. The molecule has 0 saturated heterocycles. The molecule has 2 nitrogen and oxygen atoms in total. The van der Waals surface area contributed by atoms with E-state index in [1.54, 1.807) is 14.2 Å². The fourth-order valence-corrected chi connectivity index (χ4v) is 3.86. The van der Waals surface area contributed by atoms with Gasteiger partial charge in [-0.05, 0) is 12.6 Å². The maximum atomic E-state index is 5.42. The lowest BCUT2D eigenvalue weighted by molar-refractivity contribution is 0.248. The van der Waals surface area contributed by atoms with Crippen molar-refractivity contribution < 1.29 is 8.85 Å². The lowest BCUT2D eigenvalue weighted by Gasteiger charge is -2.22. The van der Waals surface area contributed by atoms with Gasteiger partial charge in [-0.2, -0.15) is 0 Å². The molecule has 0 bridgehead atoms. The van der Waals surface area contributed by atoms with Crippen molar-refractivity contribution in [3.05, 3.63) is 0 Å². The van der Waals surface area contributed by atoms with E-state index in [0.29, 0.717) is 0 Å². The second-order valence-electron chi connectivity index (χ2n) is 4.18. The van der Waals surface area contributed by atoms with E-state index in [9.17, 15) is 0 Å². The first kappa shape index (κ1) is 13.4. The van der Waals surface area contributed by atoms with Gasteiger partial charge in [0.25, 0.3) is 0 Å². The highest BCUT2D eigenvalue weighted by atomic mass is 28.4. The van der Waals surface area contributed by atoms with E-state index in [0.717, 1.165) is 6.04 Å². The summed E-state index contributed by atoms with van der Waals surface area (Å²) in [6.45, 7) is 6.95. The van der Waals surface area contributed by atoms with Crippen molar-refractivity contribution in [2.24, 2.45) is 0 Å². The van der Waals surface area contributed by atoms with E-state index in [-0.39, 0.29) is 8.80 Å². The maximum Gasteiger partial charge on any atom is 0.334 e. The average Bonchev–Trinajstić information content (AvgIpc) is 2.12. The number of rotatable bonds is 7. The molecule has 0 aromatic heterocycles. The Balaban J connectivity index is 3.50. The largest absolute Gasteiger partial charge is 0.398 e. The van der Waals surface area contributed by atoms with Crippen LogP contribution >= 0.6 is 0 Å². The average molecular weight is 220 g/mol. The Hall–Kier alpha value is 0.354. The van der Waals surface area contributed by atoms with Crippen LogP contribution in [0.2, 0.25) is 31.7 Å². The SMILES string of the molecule is CO[Si](C)(CCCC[SiH](C)C)OC. The van der Waals surface area contributed by atoms with Gasteiger partial charge >= 0.3 is 8.56 Å². The van der Waals surface area contributed by atoms with Crippen LogP contribution in [0.15, 0.2) is 0 Å². The summed E-state index contributed by atoms with van der Waals surface area (Å²) in [5, 5.41) is 0. The van der Waals surface area contributed by atoms with Crippen molar-refractivity contribution >= 4 is 17.4 Å². The summed E-state index contributed by atoms with van der Waals surface area (Å²) in [6, 6.07) is 2.60. The predicted molar refractivity (Wildman–Crippen MR) is 63.4 cm³/mol. The van der Waals surface area contributed by atoms with Crippen LogP contribution < -0.4 is 0 Å². The number of hydrogen-bond donors (Lipinski definition) is 0. The molecule has 0 radical (unpaired) electrons. The Morgan fingerprint density at radius 1 is 1.08 bits per heavy atom. The van der Waals surface area contributed by atoms with Crippen LogP contribution in [0, 0.1) is 0 Å². The molecular formula is C9H24O2Si2. The van der Waals surface area contributed by atoms with Crippen LogP contribution in [0.1, 0.15) is 12.8 Å². The quantitative estimate of drug-likeness (QED) is 0.485. The fourth-order valence-electron chi connectivity index (χ4n) is 1.29. The van der Waals surface area contributed by atoms with Crippen molar-refractivity contribution in [2.75, 3.05) is 14.2 Å². The van der Waals surface area contributed by atoms with Crippen molar-refractivity contribution in [3.8, 4) is 0 Å². The van der Waals surface area contributed by atoms with Crippen LogP contribution in [-0.4, -0.2) is 31.6 Å². The highest BCUT2D eigenvalue weighted by molar-refractivity contribution is 6.65.